The van der Waals surface area contributed by atoms with E-state index in [-0.39, 0.29) is 18.3 Å². The molecule has 1 aliphatic carbocycles. The molecule has 2 rings (SSSR count). The summed E-state index contributed by atoms with van der Waals surface area (Å²) in [4.78, 5) is 14.1. The van der Waals surface area contributed by atoms with E-state index in [0.717, 1.165) is 25.8 Å². The molecule has 1 saturated carbocycles. The predicted octanol–water partition coefficient (Wildman–Crippen LogP) is 3.24. The van der Waals surface area contributed by atoms with Gasteiger partial charge in [-0.2, -0.15) is 0 Å². The van der Waals surface area contributed by atoms with Gasteiger partial charge in [0.15, 0.2) is 6.61 Å². The van der Waals surface area contributed by atoms with Crippen molar-refractivity contribution in [2.75, 3.05) is 13.2 Å². The Morgan fingerprint density at radius 2 is 2.00 bits per heavy atom. The van der Waals surface area contributed by atoms with Crippen molar-refractivity contribution < 1.29 is 13.9 Å². The quantitative estimate of drug-likeness (QED) is 0.767. The monoisotopic (exact) mass is 279 g/mol. The first-order valence-corrected chi connectivity index (χ1v) is 7.24. The molecule has 20 heavy (non-hydrogen) atoms. The van der Waals surface area contributed by atoms with Crippen molar-refractivity contribution in [3.8, 4) is 5.75 Å². The van der Waals surface area contributed by atoms with Crippen LogP contribution in [-0.2, 0) is 4.79 Å². The van der Waals surface area contributed by atoms with Gasteiger partial charge in [-0.05, 0) is 49.4 Å². The van der Waals surface area contributed by atoms with Gasteiger partial charge in [-0.1, -0.05) is 13.8 Å². The third-order valence-corrected chi connectivity index (χ3v) is 3.43. The molecule has 0 saturated heterocycles. The minimum absolute atomic E-state index is 0.0254. The van der Waals surface area contributed by atoms with E-state index < -0.39 is 0 Å². The maximum atomic E-state index is 12.8. The molecule has 0 spiro atoms. The molecule has 0 bridgehead atoms. The molecule has 0 atom stereocenters. The Hall–Kier alpha value is -1.58. The van der Waals surface area contributed by atoms with Gasteiger partial charge in [-0.3, -0.25) is 4.79 Å². The van der Waals surface area contributed by atoms with Crippen LogP contribution >= 0.6 is 0 Å². The minimum atomic E-state index is -0.305. The first-order valence-electron chi connectivity index (χ1n) is 7.24. The number of carbonyl (C=O) groups is 1. The topological polar surface area (TPSA) is 29.5 Å². The Morgan fingerprint density at radius 3 is 2.55 bits per heavy atom. The molecule has 4 heteroatoms. The number of carbonyl (C=O) groups excluding carboxylic acids is 1. The van der Waals surface area contributed by atoms with Crippen molar-refractivity contribution in [3.05, 3.63) is 30.1 Å². The van der Waals surface area contributed by atoms with Gasteiger partial charge in [-0.15, -0.1) is 0 Å². The van der Waals surface area contributed by atoms with Crippen LogP contribution in [0.4, 0.5) is 4.39 Å². The number of hydrogen-bond acceptors (Lipinski definition) is 2. The highest BCUT2D eigenvalue weighted by Crippen LogP contribution is 2.27. The van der Waals surface area contributed by atoms with Gasteiger partial charge >= 0.3 is 0 Å². The van der Waals surface area contributed by atoms with Crippen molar-refractivity contribution in [1.29, 1.82) is 0 Å². The Kier molecular flexibility index (Phi) is 4.99. The summed E-state index contributed by atoms with van der Waals surface area (Å²) in [6.07, 6.45) is 3.21. The molecule has 3 nitrogen and oxygen atoms in total. The molecule has 0 radical (unpaired) electrons. The molecular formula is C16H22FNO2. The van der Waals surface area contributed by atoms with Crippen molar-refractivity contribution in [1.82, 2.24) is 4.90 Å². The van der Waals surface area contributed by atoms with Gasteiger partial charge in [0.05, 0.1) is 0 Å². The van der Waals surface area contributed by atoms with Crippen molar-refractivity contribution in [3.63, 3.8) is 0 Å². The molecule has 0 unspecified atom stereocenters. The summed E-state index contributed by atoms with van der Waals surface area (Å²) in [6.45, 7) is 5.14. The van der Waals surface area contributed by atoms with Crippen LogP contribution in [0.3, 0.4) is 0 Å². The number of benzene rings is 1. The summed E-state index contributed by atoms with van der Waals surface area (Å²) >= 11 is 0. The smallest absolute Gasteiger partial charge is 0.260 e. The number of ether oxygens (including phenoxy) is 1. The van der Waals surface area contributed by atoms with Gasteiger partial charge in [0.1, 0.15) is 11.6 Å². The standard InChI is InChI=1S/C16H22FNO2/c1-12(2)9-10-18(14-5-6-14)16(19)11-20-15-7-3-13(17)4-8-15/h3-4,7-8,12,14H,5-6,9-11H2,1-2H3. The van der Waals surface area contributed by atoms with Gasteiger partial charge in [-0.25, -0.2) is 4.39 Å². The average molecular weight is 279 g/mol. The predicted molar refractivity (Wildman–Crippen MR) is 76.1 cm³/mol. The van der Waals surface area contributed by atoms with E-state index >= 15 is 0 Å². The lowest BCUT2D eigenvalue weighted by Gasteiger charge is -2.23. The lowest BCUT2D eigenvalue weighted by Crippen LogP contribution is -2.37. The number of halogens is 1. The Bertz CT molecular complexity index is 440. The van der Waals surface area contributed by atoms with E-state index in [1.807, 2.05) is 4.90 Å². The van der Waals surface area contributed by atoms with Crippen LogP contribution in [0, 0.1) is 11.7 Å². The molecule has 0 N–H and O–H groups in total. The van der Waals surface area contributed by atoms with E-state index in [1.165, 1.54) is 24.3 Å². The van der Waals surface area contributed by atoms with E-state index in [1.54, 1.807) is 0 Å². The van der Waals surface area contributed by atoms with Crippen LogP contribution in [0.5, 0.6) is 5.75 Å². The van der Waals surface area contributed by atoms with Crippen molar-refractivity contribution in [2.45, 2.75) is 39.2 Å². The molecule has 110 valence electrons. The van der Waals surface area contributed by atoms with Gasteiger partial charge in [0, 0.05) is 12.6 Å². The van der Waals surface area contributed by atoms with E-state index in [2.05, 4.69) is 13.8 Å². The summed E-state index contributed by atoms with van der Waals surface area (Å²) in [5, 5.41) is 0. The highest BCUT2D eigenvalue weighted by Gasteiger charge is 2.32. The second kappa shape index (κ2) is 6.73. The second-order valence-corrected chi connectivity index (χ2v) is 5.74. The molecule has 1 aliphatic rings. The fourth-order valence-electron chi connectivity index (χ4n) is 2.05. The molecule has 0 aliphatic heterocycles. The summed E-state index contributed by atoms with van der Waals surface area (Å²) in [7, 11) is 0. The summed E-state index contributed by atoms with van der Waals surface area (Å²) in [5.74, 6) is 0.833. The highest BCUT2D eigenvalue weighted by molar-refractivity contribution is 5.78. The van der Waals surface area contributed by atoms with E-state index in [4.69, 9.17) is 4.74 Å². The zero-order valence-corrected chi connectivity index (χ0v) is 12.1. The number of nitrogens with zero attached hydrogens (tertiary/aromatic N) is 1. The van der Waals surface area contributed by atoms with Crippen molar-refractivity contribution in [2.24, 2.45) is 5.92 Å². The molecule has 1 amide bonds. The van der Waals surface area contributed by atoms with Gasteiger partial charge < -0.3 is 9.64 Å². The van der Waals surface area contributed by atoms with Crippen LogP contribution < -0.4 is 4.74 Å². The Balaban J connectivity index is 1.83. The minimum Gasteiger partial charge on any atom is -0.484 e. The largest absolute Gasteiger partial charge is 0.484 e. The highest BCUT2D eigenvalue weighted by atomic mass is 19.1. The van der Waals surface area contributed by atoms with Crippen LogP contribution in [-0.4, -0.2) is 30.0 Å². The zero-order chi connectivity index (χ0) is 14.5. The van der Waals surface area contributed by atoms with Crippen LogP contribution in [0.1, 0.15) is 33.1 Å². The van der Waals surface area contributed by atoms with Gasteiger partial charge in [0.2, 0.25) is 0 Å². The Morgan fingerprint density at radius 1 is 1.35 bits per heavy atom. The summed E-state index contributed by atoms with van der Waals surface area (Å²) in [6, 6.07) is 6.14. The Labute approximate surface area is 119 Å². The first-order chi connectivity index (χ1) is 9.56. The van der Waals surface area contributed by atoms with Gasteiger partial charge in [0.25, 0.3) is 5.91 Å². The lowest BCUT2D eigenvalue weighted by atomic mass is 10.1. The molecule has 1 aromatic rings. The number of rotatable bonds is 7. The maximum Gasteiger partial charge on any atom is 0.260 e. The average Bonchev–Trinajstić information content (AvgIpc) is 3.22. The van der Waals surface area contributed by atoms with E-state index in [9.17, 15) is 9.18 Å². The van der Waals surface area contributed by atoms with E-state index in [0.29, 0.717) is 17.7 Å². The number of hydrogen-bond donors (Lipinski definition) is 0. The number of amides is 1. The van der Waals surface area contributed by atoms with Crippen molar-refractivity contribution >= 4 is 5.91 Å². The lowest BCUT2D eigenvalue weighted by molar-refractivity contribution is -0.134. The second-order valence-electron chi connectivity index (χ2n) is 5.74. The molecular weight excluding hydrogens is 257 g/mol. The van der Waals surface area contributed by atoms with Crippen LogP contribution in [0.2, 0.25) is 0 Å². The maximum absolute atomic E-state index is 12.8. The zero-order valence-electron chi connectivity index (χ0n) is 12.1. The molecule has 0 heterocycles. The molecule has 1 aromatic carbocycles. The first kappa shape index (κ1) is 14.8. The van der Waals surface area contributed by atoms with Crippen LogP contribution in [0.15, 0.2) is 24.3 Å². The summed E-state index contributed by atoms with van der Waals surface area (Å²) < 4.78 is 18.2. The SMILES string of the molecule is CC(C)CCN(C(=O)COc1ccc(F)cc1)C1CC1. The fourth-order valence-corrected chi connectivity index (χ4v) is 2.05. The molecule has 1 fully saturated rings. The normalized spacial score (nSPS) is 14.4. The third-order valence-electron chi connectivity index (χ3n) is 3.43. The van der Waals surface area contributed by atoms with Crippen LogP contribution in [0.25, 0.3) is 0 Å². The summed E-state index contributed by atoms with van der Waals surface area (Å²) in [5.41, 5.74) is 0. The molecule has 0 aromatic heterocycles. The third kappa shape index (κ3) is 4.51. The fraction of sp³-hybridized carbons (Fsp3) is 0.562.